The van der Waals surface area contributed by atoms with Crippen molar-refractivity contribution in [2.24, 2.45) is 5.92 Å². The highest BCUT2D eigenvalue weighted by Crippen LogP contribution is 2.26. The molecule has 1 amide bonds. The predicted octanol–water partition coefficient (Wildman–Crippen LogP) is 0.585. The van der Waals surface area contributed by atoms with Crippen LogP contribution in [0.4, 0.5) is 0 Å². The van der Waals surface area contributed by atoms with E-state index in [-0.39, 0.29) is 11.9 Å². The summed E-state index contributed by atoms with van der Waals surface area (Å²) in [7, 11) is 0. The van der Waals surface area contributed by atoms with E-state index in [2.05, 4.69) is 22.5 Å². The van der Waals surface area contributed by atoms with Crippen LogP contribution in [0.3, 0.4) is 0 Å². The maximum absolute atomic E-state index is 11.9. The molecule has 2 aliphatic rings. The molecule has 0 aliphatic carbocycles. The quantitative estimate of drug-likeness (QED) is 0.754. The Hall–Kier alpha value is -0.610. The van der Waals surface area contributed by atoms with Crippen LogP contribution in [0.5, 0.6) is 0 Å². The number of carbonyl (C=O) groups excluding carboxylic acids is 1. The summed E-state index contributed by atoms with van der Waals surface area (Å²) in [5, 5.41) is 6.56. The Kier molecular flexibility index (Phi) is 4.40. The number of piperidine rings is 1. The molecule has 17 heavy (non-hydrogen) atoms. The summed E-state index contributed by atoms with van der Waals surface area (Å²) in [6.07, 6.45) is 3.61. The third kappa shape index (κ3) is 2.99. The van der Waals surface area contributed by atoms with Gasteiger partial charge in [-0.05, 0) is 38.6 Å². The summed E-state index contributed by atoms with van der Waals surface area (Å²) >= 11 is 0. The van der Waals surface area contributed by atoms with Crippen molar-refractivity contribution in [2.45, 2.75) is 45.2 Å². The Balaban J connectivity index is 1.84. The molecule has 0 aromatic carbocycles. The molecule has 4 nitrogen and oxygen atoms in total. The molecule has 2 rings (SSSR count). The molecule has 3 unspecified atom stereocenters. The summed E-state index contributed by atoms with van der Waals surface area (Å²) in [4.78, 5) is 14.3. The van der Waals surface area contributed by atoms with Crippen LogP contribution in [-0.4, -0.2) is 49.1 Å². The maximum atomic E-state index is 11.9. The van der Waals surface area contributed by atoms with Crippen LogP contribution in [0.2, 0.25) is 0 Å². The van der Waals surface area contributed by atoms with Gasteiger partial charge in [-0.2, -0.15) is 0 Å². The SMILES string of the molecule is CCCNC(=O)C(C)N1CC2CCCNC2C1. The molecule has 0 bridgehead atoms. The van der Waals surface area contributed by atoms with E-state index in [0.29, 0.717) is 6.04 Å². The minimum absolute atomic E-state index is 0.0222. The second-order valence-corrected chi connectivity index (χ2v) is 5.38. The summed E-state index contributed by atoms with van der Waals surface area (Å²) in [6, 6.07) is 0.638. The number of nitrogens with one attached hydrogen (secondary N) is 2. The molecule has 0 aromatic rings. The second-order valence-electron chi connectivity index (χ2n) is 5.38. The molecule has 2 N–H and O–H groups in total. The lowest BCUT2D eigenvalue weighted by molar-refractivity contribution is -0.125. The smallest absolute Gasteiger partial charge is 0.237 e. The summed E-state index contributed by atoms with van der Waals surface area (Å²) < 4.78 is 0. The Morgan fingerprint density at radius 3 is 3.06 bits per heavy atom. The molecule has 4 heteroatoms. The molecule has 2 aliphatic heterocycles. The lowest BCUT2D eigenvalue weighted by Crippen LogP contribution is -2.45. The molecular formula is C13H25N3O. The maximum Gasteiger partial charge on any atom is 0.237 e. The van der Waals surface area contributed by atoms with Crippen molar-refractivity contribution in [3.8, 4) is 0 Å². The number of rotatable bonds is 4. The van der Waals surface area contributed by atoms with Crippen LogP contribution < -0.4 is 10.6 Å². The van der Waals surface area contributed by atoms with Crippen molar-refractivity contribution in [2.75, 3.05) is 26.2 Å². The fourth-order valence-electron chi connectivity index (χ4n) is 2.96. The molecule has 0 aromatic heterocycles. The Bertz CT molecular complexity index is 255. The van der Waals surface area contributed by atoms with Gasteiger partial charge in [-0.3, -0.25) is 9.69 Å². The minimum Gasteiger partial charge on any atom is -0.355 e. The van der Waals surface area contributed by atoms with E-state index in [4.69, 9.17) is 0 Å². The Morgan fingerprint density at radius 2 is 2.35 bits per heavy atom. The zero-order valence-corrected chi connectivity index (χ0v) is 11.0. The highest BCUT2D eigenvalue weighted by atomic mass is 16.2. The van der Waals surface area contributed by atoms with Gasteiger partial charge in [-0.25, -0.2) is 0 Å². The van der Waals surface area contributed by atoms with Gasteiger partial charge in [0.15, 0.2) is 0 Å². The van der Waals surface area contributed by atoms with Gasteiger partial charge in [0.1, 0.15) is 0 Å². The zero-order valence-electron chi connectivity index (χ0n) is 11.0. The monoisotopic (exact) mass is 239 g/mol. The summed E-state index contributed by atoms with van der Waals surface area (Å²) in [6.45, 7) is 8.17. The summed E-state index contributed by atoms with van der Waals surface area (Å²) in [5.41, 5.74) is 0. The fourth-order valence-corrected chi connectivity index (χ4v) is 2.96. The first-order valence-electron chi connectivity index (χ1n) is 6.97. The number of hydrogen-bond donors (Lipinski definition) is 2. The van der Waals surface area contributed by atoms with E-state index in [1.54, 1.807) is 0 Å². The van der Waals surface area contributed by atoms with E-state index in [1.165, 1.54) is 12.8 Å². The van der Waals surface area contributed by atoms with Crippen LogP contribution in [-0.2, 0) is 4.79 Å². The lowest BCUT2D eigenvalue weighted by atomic mass is 9.94. The number of carbonyl (C=O) groups is 1. The van der Waals surface area contributed by atoms with Gasteiger partial charge in [0, 0.05) is 25.7 Å². The standard InChI is InChI=1S/C13H25N3O/c1-3-6-15-13(17)10(2)16-8-11-5-4-7-14-12(11)9-16/h10-12,14H,3-9H2,1-2H3,(H,15,17). The van der Waals surface area contributed by atoms with Crippen LogP contribution >= 0.6 is 0 Å². The highest BCUT2D eigenvalue weighted by molar-refractivity contribution is 5.81. The number of likely N-dealkylation sites (tertiary alicyclic amines) is 1. The number of amides is 1. The van der Waals surface area contributed by atoms with Crippen molar-refractivity contribution in [3.63, 3.8) is 0 Å². The van der Waals surface area contributed by atoms with Crippen molar-refractivity contribution >= 4 is 5.91 Å². The fraction of sp³-hybridized carbons (Fsp3) is 0.923. The Labute approximate surface area is 104 Å². The van der Waals surface area contributed by atoms with E-state index >= 15 is 0 Å². The number of fused-ring (bicyclic) bond motifs is 1. The lowest BCUT2D eigenvalue weighted by Gasteiger charge is -2.25. The van der Waals surface area contributed by atoms with Crippen LogP contribution in [0.1, 0.15) is 33.1 Å². The average molecular weight is 239 g/mol. The molecule has 2 heterocycles. The molecule has 2 saturated heterocycles. The van der Waals surface area contributed by atoms with Gasteiger partial charge in [0.2, 0.25) is 5.91 Å². The van der Waals surface area contributed by atoms with E-state index in [1.807, 2.05) is 6.92 Å². The van der Waals surface area contributed by atoms with Crippen LogP contribution in [0, 0.1) is 5.92 Å². The highest BCUT2D eigenvalue weighted by Gasteiger charge is 2.37. The topological polar surface area (TPSA) is 44.4 Å². The van der Waals surface area contributed by atoms with Gasteiger partial charge in [0.05, 0.1) is 6.04 Å². The molecule has 0 saturated carbocycles. The molecule has 0 spiro atoms. The van der Waals surface area contributed by atoms with Crippen molar-refractivity contribution in [1.29, 1.82) is 0 Å². The van der Waals surface area contributed by atoms with E-state index < -0.39 is 0 Å². The predicted molar refractivity (Wildman–Crippen MR) is 68.9 cm³/mol. The van der Waals surface area contributed by atoms with Gasteiger partial charge in [0.25, 0.3) is 0 Å². The first kappa shape index (κ1) is 12.8. The van der Waals surface area contributed by atoms with Gasteiger partial charge in [-0.1, -0.05) is 6.92 Å². The normalized spacial score (nSPS) is 30.9. The van der Waals surface area contributed by atoms with Crippen LogP contribution in [0.15, 0.2) is 0 Å². The zero-order chi connectivity index (χ0) is 12.3. The Morgan fingerprint density at radius 1 is 1.53 bits per heavy atom. The van der Waals surface area contributed by atoms with E-state index in [0.717, 1.165) is 38.5 Å². The molecule has 0 radical (unpaired) electrons. The molecular weight excluding hydrogens is 214 g/mol. The average Bonchev–Trinajstić information content (AvgIpc) is 2.78. The third-order valence-corrected chi connectivity index (χ3v) is 4.10. The third-order valence-electron chi connectivity index (χ3n) is 4.10. The number of hydrogen-bond acceptors (Lipinski definition) is 3. The second kappa shape index (κ2) is 5.83. The van der Waals surface area contributed by atoms with Crippen LogP contribution in [0.25, 0.3) is 0 Å². The molecule has 3 atom stereocenters. The minimum atomic E-state index is 0.0222. The first-order chi connectivity index (χ1) is 8.22. The van der Waals surface area contributed by atoms with E-state index in [9.17, 15) is 4.79 Å². The van der Waals surface area contributed by atoms with Crippen molar-refractivity contribution in [1.82, 2.24) is 15.5 Å². The van der Waals surface area contributed by atoms with Gasteiger partial charge >= 0.3 is 0 Å². The first-order valence-corrected chi connectivity index (χ1v) is 6.97. The van der Waals surface area contributed by atoms with Gasteiger partial charge < -0.3 is 10.6 Å². The largest absolute Gasteiger partial charge is 0.355 e. The summed E-state index contributed by atoms with van der Waals surface area (Å²) in [5.74, 6) is 0.940. The van der Waals surface area contributed by atoms with Crippen molar-refractivity contribution < 1.29 is 4.79 Å². The molecule has 2 fully saturated rings. The number of nitrogens with zero attached hydrogens (tertiary/aromatic N) is 1. The van der Waals surface area contributed by atoms with Gasteiger partial charge in [-0.15, -0.1) is 0 Å². The molecule has 98 valence electrons. The van der Waals surface area contributed by atoms with Crippen molar-refractivity contribution in [3.05, 3.63) is 0 Å².